The summed E-state index contributed by atoms with van der Waals surface area (Å²) < 4.78 is 0. The number of aromatic amines is 2. The number of carboxylic acids is 2. The van der Waals surface area contributed by atoms with Gasteiger partial charge >= 0.3 is 71.1 Å². The number of nitrogens with zero attached hydrogens (tertiary/aromatic N) is 2. The van der Waals surface area contributed by atoms with Crippen molar-refractivity contribution in [2.45, 2.75) is 53.4 Å². The minimum Gasteiger partial charge on any atom is -1.00 e. The van der Waals surface area contributed by atoms with E-state index in [0.29, 0.717) is 24.2 Å². The van der Waals surface area contributed by atoms with E-state index in [1.807, 2.05) is 58.0 Å². The summed E-state index contributed by atoms with van der Waals surface area (Å²) in [6.07, 6.45) is 4.20. The van der Waals surface area contributed by atoms with Crippen LogP contribution in [0.1, 0.15) is 87.4 Å². The molecule has 0 aromatic carbocycles. The van der Waals surface area contributed by atoms with E-state index in [2.05, 4.69) is 29.2 Å². The van der Waals surface area contributed by atoms with Crippen LogP contribution in [0.3, 0.4) is 0 Å². The molecule has 8 bridgehead atoms. The van der Waals surface area contributed by atoms with Gasteiger partial charge in [0, 0.05) is 46.0 Å². The molecule has 0 saturated heterocycles. The van der Waals surface area contributed by atoms with E-state index in [4.69, 9.17) is 9.97 Å². The van der Waals surface area contributed by atoms with Gasteiger partial charge in [0.15, 0.2) is 0 Å². The van der Waals surface area contributed by atoms with Gasteiger partial charge in [-0.2, -0.15) is 0 Å². The van der Waals surface area contributed by atoms with Gasteiger partial charge in [-0.3, -0.25) is 9.59 Å². The first-order valence-corrected chi connectivity index (χ1v) is 13.9. The smallest absolute Gasteiger partial charge is 1.00 e. The Bertz CT molecular complexity index is 1940. The van der Waals surface area contributed by atoms with Crippen LogP contribution < -0.4 is 59.1 Å². The number of nitrogens with one attached hydrogen (secondary N) is 2. The molecule has 3 aromatic heterocycles. The summed E-state index contributed by atoms with van der Waals surface area (Å²) in [5, 5.41) is 18.9. The van der Waals surface area contributed by atoms with Crippen LogP contribution >= 0.6 is 0 Å². The van der Waals surface area contributed by atoms with Crippen molar-refractivity contribution < 1.29 is 81.8 Å². The van der Waals surface area contributed by atoms with Gasteiger partial charge in [0.05, 0.1) is 22.8 Å². The monoisotopic (exact) mass is 610 g/mol. The number of allylic oxidation sites excluding steroid dienone is 4. The quantitative estimate of drug-likeness (QED) is 0.289. The number of hydrogen-bond donors (Lipinski definition) is 4. The van der Waals surface area contributed by atoms with Crippen LogP contribution in [0.2, 0.25) is 0 Å². The van der Waals surface area contributed by atoms with Crippen molar-refractivity contribution in [1.82, 2.24) is 19.9 Å². The van der Waals surface area contributed by atoms with E-state index in [9.17, 15) is 19.8 Å². The standard InChI is InChI=1S/C34H34N4O4.2Na.2H/c1-7-21-17(3)25-13-26-19(5)23(9-11-33(39)40)31(37-26)16-32-24(10-12-34(41)42)20(6)28(38-32)15-30-22(8-2)18(4)27(36-30)14-29(21)35-25;;;;/h7-8,13-16,35-36H,1-2,9-12H2,3-6H3,(H,39,40)(H,41,42);;;;/q;2*+1;2*-1. The van der Waals surface area contributed by atoms with E-state index in [-0.39, 0.29) is 74.8 Å². The van der Waals surface area contributed by atoms with Gasteiger partial charge in [-0.05, 0) is 98.2 Å². The summed E-state index contributed by atoms with van der Waals surface area (Å²) in [4.78, 5) is 40.0. The van der Waals surface area contributed by atoms with Crippen LogP contribution in [0.15, 0.2) is 37.4 Å². The first-order chi connectivity index (χ1) is 20.0. The van der Waals surface area contributed by atoms with Gasteiger partial charge in [0.2, 0.25) is 0 Å². The molecular formula is C34H36N4Na2O4. The minimum absolute atomic E-state index is 0. The van der Waals surface area contributed by atoms with Crippen LogP contribution in [0, 0.1) is 13.8 Å². The molecule has 5 heterocycles. The van der Waals surface area contributed by atoms with Crippen molar-refractivity contribution in [3.05, 3.63) is 82.5 Å². The van der Waals surface area contributed by atoms with Crippen molar-refractivity contribution in [2.75, 3.05) is 0 Å². The van der Waals surface area contributed by atoms with Crippen molar-refractivity contribution in [3.8, 4) is 0 Å². The normalized spacial score (nSPS) is 12.5. The molecule has 0 radical (unpaired) electrons. The second-order valence-corrected chi connectivity index (χ2v) is 10.7. The van der Waals surface area contributed by atoms with E-state index in [0.717, 1.165) is 78.0 Å². The maximum atomic E-state index is 11.5. The van der Waals surface area contributed by atoms with Crippen LogP contribution in [0.4, 0.5) is 0 Å². The second kappa shape index (κ2) is 14.4. The Balaban J connectivity index is 0.00000264. The summed E-state index contributed by atoms with van der Waals surface area (Å²) in [5.74, 6) is -1.78. The number of fused-ring (bicyclic) bond motifs is 8. The molecule has 0 unspecified atom stereocenters. The zero-order chi connectivity index (χ0) is 30.3. The zero-order valence-electron chi connectivity index (χ0n) is 28.3. The zero-order valence-corrected chi connectivity index (χ0v) is 30.3. The average molecular weight is 611 g/mol. The number of rotatable bonds is 8. The summed E-state index contributed by atoms with van der Waals surface area (Å²) >= 11 is 0. The first kappa shape index (κ1) is 35.5. The van der Waals surface area contributed by atoms with Crippen molar-refractivity contribution in [3.63, 3.8) is 0 Å². The number of H-pyrrole nitrogens is 2. The Morgan fingerprint density at radius 1 is 0.682 bits per heavy atom. The largest absolute Gasteiger partial charge is 1.00 e. The number of aromatic nitrogens is 4. The average Bonchev–Trinajstić information content (AvgIpc) is 3.59. The van der Waals surface area contributed by atoms with Crippen molar-refractivity contribution in [1.29, 1.82) is 0 Å². The van der Waals surface area contributed by atoms with Gasteiger partial charge < -0.3 is 23.0 Å². The first-order valence-electron chi connectivity index (χ1n) is 13.9. The Kier molecular flexibility index (Phi) is 11.6. The molecule has 44 heavy (non-hydrogen) atoms. The predicted octanol–water partition coefficient (Wildman–Crippen LogP) is 2.04. The third-order valence-electron chi connectivity index (χ3n) is 8.22. The van der Waals surface area contributed by atoms with Crippen LogP contribution in [0.25, 0.3) is 56.5 Å². The van der Waals surface area contributed by atoms with Crippen LogP contribution in [-0.2, 0) is 9.59 Å². The predicted molar refractivity (Wildman–Crippen MR) is 172 cm³/mol. The minimum atomic E-state index is -0.889. The van der Waals surface area contributed by atoms with Crippen LogP contribution in [-0.4, -0.2) is 42.1 Å². The fourth-order valence-electron chi connectivity index (χ4n) is 5.77. The molecular weight excluding hydrogens is 574 g/mol. The SMILES string of the molecule is C=Cc1c(C)c2cc3[nH]c(cc4nc(cc5nc(cc1[nH]2)C(C)=C5CCC(=O)O)C(CCC(=O)O)=C4C)c(C)c3C=C.[H-].[H-].[Na+].[Na+]. The van der Waals surface area contributed by atoms with E-state index in [1.165, 1.54) is 0 Å². The Morgan fingerprint density at radius 2 is 1.07 bits per heavy atom. The molecule has 8 nitrogen and oxygen atoms in total. The molecule has 0 saturated carbocycles. The number of carbonyl (C=O) groups is 2. The molecule has 218 valence electrons. The number of hydrogen-bond acceptors (Lipinski definition) is 4. The van der Waals surface area contributed by atoms with Crippen molar-refractivity contribution in [2.24, 2.45) is 0 Å². The second-order valence-electron chi connectivity index (χ2n) is 10.7. The molecule has 0 fully saturated rings. The number of aryl methyl sites for hydroxylation is 2. The molecule has 0 atom stereocenters. The molecule has 0 spiro atoms. The van der Waals surface area contributed by atoms with Gasteiger partial charge in [-0.15, -0.1) is 0 Å². The summed E-state index contributed by atoms with van der Waals surface area (Å²) in [5.41, 5.74) is 13.7. The fraction of sp³-hybridized carbons (Fsp3) is 0.235. The molecule has 10 heteroatoms. The summed E-state index contributed by atoms with van der Waals surface area (Å²) in [6.45, 7) is 16.1. The molecule has 0 aliphatic carbocycles. The van der Waals surface area contributed by atoms with Crippen molar-refractivity contribution >= 4 is 68.4 Å². The van der Waals surface area contributed by atoms with Crippen LogP contribution in [0.5, 0.6) is 0 Å². The van der Waals surface area contributed by atoms with Gasteiger partial charge in [0.1, 0.15) is 0 Å². The fourth-order valence-corrected chi connectivity index (χ4v) is 5.77. The molecule has 4 N–H and O–H groups in total. The molecule has 5 rings (SSSR count). The molecule has 0 amide bonds. The Morgan fingerprint density at radius 3 is 1.48 bits per heavy atom. The maximum absolute atomic E-state index is 11.5. The summed E-state index contributed by atoms with van der Waals surface area (Å²) in [7, 11) is 0. The Hall–Kier alpha value is -2.98. The Labute approximate surface area is 303 Å². The number of aliphatic carboxylic acids is 2. The van der Waals surface area contributed by atoms with Gasteiger partial charge in [-0.1, -0.05) is 25.3 Å². The van der Waals surface area contributed by atoms with E-state index in [1.54, 1.807) is 0 Å². The van der Waals surface area contributed by atoms with Gasteiger partial charge in [-0.25, -0.2) is 9.97 Å². The third kappa shape index (κ3) is 6.81. The summed E-state index contributed by atoms with van der Waals surface area (Å²) in [6, 6.07) is 7.88. The number of carboxylic acid groups (broad SMARTS) is 2. The topological polar surface area (TPSA) is 132 Å². The molecule has 2 aliphatic rings. The molecule has 3 aromatic rings. The van der Waals surface area contributed by atoms with E-state index < -0.39 is 11.9 Å². The van der Waals surface area contributed by atoms with Gasteiger partial charge in [0.25, 0.3) is 0 Å². The maximum Gasteiger partial charge on any atom is 1.00 e. The van der Waals surface area contributed by atoms with E-state index >= 15 is 0 Å². The molecule has 2 aliphatic heterocycles. The third-order valence-corrected chi connectivity index (χ3v) is 8.22.